The lowest BCUT2D eigenvalue weighted by Crippen LogP contribution is -2.31. The zero-order valence-corrected chi connectivity index (χ0v) is 10.7. The SMILES string of the molecule is [B]C(CC(C)OC)OC(CO)COC(=C)OC. The second-order valence-electron chi connectivity index (χ2n) is 3.65. The monoisotopic (exact) mass is 244 g/mol. The van der Waals surface area contributed by atoms with Crippen LogP contribution in [0.1, 0.15) is 13.3 Å². The fraction of sp³-hybridized carbons (Fsp3) is 0.818. The Balaban J connectivity index is 3.90. The first-order valence-electron chi connectivity index (χ1n) is 5.43. The minimum Gasteiger partial charge on any atom is -0.469 e. The van der Waals surface area contributed by atoms with E-state index in [4.69, 9.17) is 31.9 Å². The molecule has 3 unspecified atom stereocenters. The number of ether oxygens (including phenoxy) is 4. The van der Waals surface area contributed by atoms with Crippen LogP contribution in [0.15, 0.2) is 12.5 Å². The topological polar surface area (TPSA) is 57.2 Å². The lowest BCUT2D eigenvalue weighted by molar-refractivity contribution is -0.0698. The summed E-state index contributed by atoms with van der Waals surface area (Å²) in [7, 11) is 8.79. The first kappa shape index (κ1) is 16.3. The van der Waals surface area contributed by atoms with Crippen molar-refractivity contribution in [3.8, 4) is 0 Å². The molecule has 0 saturated carbocycles. The molecule has 0 amide bonds. The summed E-state index contributed by atoms with van der Waals surface area (Å²) in [5, 5.41) is 9.09. The lowest BCUT2D eigenvalue weighted by atomic mass is 9.94. The van der Waals surface area contributed by atoms with E-state index in [9.17, 15) is 0 Å². The average Bonchev–Trinajstić information content (AvgIpc) is 2.33. The zero-order chi connectivity index (χ0) is 13.3. The molecule has 0 aromatic heterocycles. The minimum absolute atomic E-state index is 0.000739. The van der Waals surface area contributed by atoms with Crippen LogP contribution in [0, 0.1) is 0 Å². The maximum Gasteiger partial charge on any atom is 0.271 e. The van der Waals surface area contributed by atoms with Crippen molar-refractivity contribution in [3.05, 3.63) is 12.5 Å². The maximum absolute atomic E-state index is 9.09. The highest BCUT2D eigenvalue weighted by molar-refractivity contribution is 6.11. The largest absolute Gasteiger partial charge is 0.469 e. The molecule has 98 valence electrons. The van der Waals surface area contributed by atoms with Gasteiger partial charge in [0.1, 0.15) is 20.6 Å². The van der Waals surface area contributed by atoms with E-state index in [-0.39, 0.29) is 25.3 Å². The number of hydrogen-bond acceptors (Lipinski definition) is 5. The van der Waals surface area contributed by atoms with Crippen molar-refractivity contribution in [2.24, 2.45) is 0 Å². The van der Waals surface area contributed by atoms with Crippen LogP contribution in [0.2, 0.25) is 0 Å². The van der Waals surface area contributed by atoms with Crippen molar-refractivity contribution < 1.29 is 24.1 Å². The fourth-order valence-electron chi connectivity index (χ4n) is 1.11. The minimum atomic E-state index is -0.513. The molecule has 0 aromatic carbocycles. The molecule has 0 heterocycles. The van der Waals surface area contributed by atoms with Crippen molar-refractivity contribution in [2.75, 3.05) is 27.4 Å². The second-order valence-corrected chi connectivity index (χ2v) is 3.65. The molecule has 0 aliphatic carbocycles. The number of aliphatic hydroxyl groups excluding tert-OH is 1. The van der Waals surface area contributed by atoms with Crippen molar-refractivity contribution in [2.45, 2.75) is 31.6 Å². The summed E-state index contributed by atoms with van der Waals surface area (Å²) in [6, 6.07) is -0.512. The Labute approximate surface area is 104 Å². The van der Waals surface area contributed by atoms with Gasteiger partial charge >= 0.3 is 0 Å². The van der Waals surface area contributed by atoms with E-state index in [0.717, 1.165) is 0 Å². The van der Waals surface area contributed by atoms with Gasteiger partial charge in [-0.05, 0) is 19.9 Å². The lowest BCUT2D eigenvalue weighted by Gasteiger charge is -2.23. The second kappa shape index (κ2) is 9.33. The van der Waals surface area contributed by atoms with E-state index in [1.165, 1.54) is 7.11 Å². The van der Waals surface area contributed by atoms with Crippen LogP contribution in [0.25, 0.3) is 0 Å². The molecule has 3 atom stereocenters. The van der Waals surface area contributed by atoms with Crippen molar-refractivity contribution in [1.82, 2.24) is 0 Å². The van der Waals surface area contributed by atoms with Gasteiger partial charge in [0.15, 0.2) is 0 Å². The summed E-state index contributed by atoms with van der Waals surface area (Å²) in [6.07, 6.45) is 0.0262. The van der Waals surface area contributed by atoms with E-state index in [0.29, 0.717) is 6.42 Å². The third-order valence-corrected chi connectivity index (χ3v) is 2.20. The van der Waals surface area contributed by atoms with E-state index in [2.05, 4.69) is 6.58 Å². The highest BCUT2D eigenvalue weighted by Gasteiger charge is 2.15. The van der Waals surface area contributed by atoms with Crippen LogP contribution >= 0.6 is 0 Å². The van der Waals surface area contributed by atoms with Gasteiger partial charge in [0.25, 0.3) is 5.95 Å². The standard InChI is InChI=1S/C11H21BO5/c1-8(14-3)5-11(12)17-10(6-13)7-16-9(2)15-4/h8,10-11,13H,2,5-7H2,1,3-4H3. The summed E-state index contributed by atoms with van der Waals surface area (Å²) < 4.78 is 20.3. The van der Waals surface area contributed by atoms with Gasteiger partial charge in [-0.15, -0.1) is 0 Å². The molecular weight excluding hydrogens is 223 g/mol. The fourth-order valence-corrected chi connectivity index (χ4v) is 1.11. The summed E-state index contributed by atoms with van der Waals surface area (Å²) in [4.78, 5) is 0. The van der Waals surface area contributed by atoms with Crippen molar-refractivity contribution in [3.63, 3.8) is 0 Å². The number of hydrogen-bond donors (Lipinski definition) is 1. The van der Waals surface area contributed by atoms with Gasteiger partial charge in [0.2, 0.25) is 0 Å². The molecular formula is C11H21BO5. The molecule has 1 N–H and O–H groups in total. The van der Waals surface area contributed by atoms with Gasteiger partial charge in [-0.3, -0.25) is 0 Å². The highest BCUT2D eigenvalue weighted by atomic mass is 16.7. The van der Waals surface area contributed by atoms with Gasteiger partial charge in [-0.1, -0.05) is 0 Å². The van der Waals surface area contributed by atoms with Gasteiger partial charge in [-0.25, -0.2) is 0 Å². The van der Waals surface area contributed by atoms with Crippen LogP contribution in [0.4, 0.5) is 0 Å². The van der Waals surface area contributed by atoms with Crippen LogP contribution in [-0.2, 0) is 18.9 Å². The Morgan fingerprint density at radius 3 is 2.53 bits per heavy atom. The number of aliphatic hydroxyl groups is 1. The maximum atomic E-state index is 9.09. The van der Waals surface area contributed by atoms with Crippen LogP contribution in [0.3, 0.4) is 0 Å². The van der Waals surface area contributed by atoms with E-state index < -0.39 is 12.1 Å². The highest BCUT2D eigenvalue weighted by Crippen LogP contribution is 2.07. The molecule has 0 spiro atoms. The molecule has 0 saturated heterocycles. The van der Waals surface area contributed by atoms with Crippen LogP contribution < -0.4 is 0 Å². The molecule has 5 nitrogen and oxygen atoms in total. The predicted molar refractivity (Wildman–Crippen MR) is 64.7 cm³/mol. The average molecular weight is 244 g/mol. The number of rotatable bonds is 10. The van der Waals surface area contributed by atoms with Gasteiger partial charge < -0.3 is 24.1 Å². The Kier molecular flexibility index (Phi) is 8.94. The summed E-state index contributed by atoms with van der Waals surface area (Å²) >= 11 is 0. The number of methoxy groups -OCH3 is 2. The predicted octanol–water partition coefficient (Wildman–Crippen LogP) is 0.418. The van der Waals surface area contributed by atoms with Gasteiger partial charge in [0.05, 0.1) is 19.8 Å². The van der Waals surface area contributed by atoms with Crippen molar-refractivity contribution in [1.29, 1.82) is 0 Å². The first-order valence-corrected chi connectivity index (χ1v) is 5.43. The molecule has 0 fully saturated rings. The Morgan fingerprint density at radius 2 is 2.06 bits per heavy atom. The third kappa shape index (κ3) is 8.07. The molecule has 6 heteroatoms. The molecule has 0 aromatic rings. The van der Waals surface area contributed by atoms with E-state index in [1.54, 1.807) is 7.11 Å². The molecule has 0 aliphatic rings. The summed E-state index contributed by atoms with van der Waals surface area (Å²) in [5.41, 5.74) is 0. The molecule has 17 heavy (non-hydrogen) atoms. The van der Waals surface area contributed by atoms with Crippen molar-refractivity contribution >= 4 is 7.85 Å². The van der Waals surface area contributed by atoms with E-state index >= 15 is 0 Å². The van der Waals surface area contributed by atoms with Gasteiger partial charge in [0, 0.05) is 13.1 Å². The van der Waals surface area contributed by atoms with E-state index in [1.807, 2.05) is 6.92 Å². The summed E-state index contributed by atoms with van der Waals surface area (Å²) in [6.45, 7) is 5.33. The molecule has 0 bridgehead atoms. The molecule has 2 radical (unpaired) electrons. The zero-order valence-electron chi connectivity index (χ0n) is 10.7. The summed E-state index contributed by atoms with van der Waals surface area (Å²) in [5.74, 6) is 0.172. The van der Waals surface area contributed by atoms with Gasteiger partial charge in [-0.2, -0.15) is 0 Å². The van der Waals surface area contributed by atoms with Crippen LogP contribution in [0.5, 0.6) is 0 Å². The smallest absolute Gasteiger partial charge is 0.271 e. The molecule has 0 aliphatic heterocycles. The third-order valence-electron chi connectivity index (χ3n) is 2.20. The Bertz CT molecular complexity index is 212. The Hall–Kier alpha value is -0.715. The molecule has 0 rings (SSSR count). The van der Waals surface area contributed by atoms with Crippen LogP contribution in [-0.4, -0.2) is 58.6 Å². The normalized spacial score (nSPS) is 16.0. The Morgan fingerprint density at radius 1 is 1.41 bits per heavy atom. The quantitative estimate of drug-likeness (QED) is 0.445. The first-order chi connectivity index (χ1) is 8.03.